The van der Waals surface area contributed by atoms with Crippen molar-refractivity contribution in [2.75, 3.05) is 0 Å². The number of rotatable bonds is 6. The molecule has 0 radical (unpaired) electrons. The minimum Gasteiger partial charge on any atom is -0.290 e. The van der Waals surface area contributed by atoms with Crippen molar-refractivity contribution in [2.45, 2.75) is 19.3 Å². The molecule has 0 unspecified atom stereocenters. The minimum atomic E-state index is -0.290. The molecule has 0 amide bonds. The predicted octanol–water partition coefficient (Wildman–Crippen LogP) is 13.0. The van der Waals surface area contributed by atoms with Crippen LogP contribution >= 0.6 is 0 Å². The van der Waals surface area contributed by atoms with Crippen molar-refractivity contribution in [3.63, 3.8) is 0 Å². The zero-order chi connectivity index (χ0) is 38.8. The third-order valence-electron chi connectivity index (χ3n) is 11.6. The lowest BCUT2D eigenvalue weighted by atomic mass is 9.81. The van der Waals surface area contributed by atoms with Crippen LogP contribution in [0.3, 0.4) is 0 Å². The second kappa shape index (κ2) is 13.3. The first-order valence-electron chi connectivity index (χ1n) is 19.7. The molecule has 0 bridgehead atoms. The molecule has 1 aliphatic carbocycles. The normalized spacial score (nSPS) is 12.8. The fourth-order valence-corrected chi connectivity index (χ4v) is 8.69. The van der Waals surface area contributed by atoms with Crippen molar-refractivity contribution in [1.29, 1.82) is 0 Å². The van der Waals surface area contributed by atoms with Crippen LogP contribution in [0, 0.1) is 0 Å². The number of pyridine rings is 1. The van der Waals surface area contributed by atoms with E-state index in [1.807, 2.05) is 36.4 Å². The molecule has 5 nitrogen and oxygen atoms in total. The van der Waals surface area contributed by atoms with Gasteiger partial charge in [-0.2, -0.15) is 0 Å². The Labute approximate surface area is 337 Å². The molecule has 0 saturated heterocycles. The first-order valence-corrected chi connectivity index (χ1v) is 19.7. The summed E-state index contributed by atoms with van der Waals surface area (Å²) in [5.74, 6) is 1.60. The van der Waals surface area contributed by atoms with Gasteiger partial charge in [0.15, 0.2) is 5.82 Å². The summed E-state index contributed by atoms with van der Waals surface area (Å²) >= 11 is 0. The van der Waals surface area contributed by atoms with E-state index < -0.39 is 0 Å². The first-order chi connectivity index (χ1) is 28.5. The SMILES string of the molecule is CC1(C)c2cc(-c3cc(-c4ccccc4)nc(-c4ccccc4)n3)ccc2-c2ccc(-c3nc4c5ccccc5nc(-c5ccccc5)c4n3-c3ccccc3)cc21. The molecule has 3 aromatic heterocycles. The summed E-state index contributed by atoms with van der Waals surface area (Å²) in [6.07, 6.45) is 0. The number of para-hydroxylation sites is 2. The van der Waals surface area contributed by atoms with Crippen molar-refractivity contribution >= 4 is 21.9 Å². The van der Waals surface area contributed by atoms with E-state index in [0.717, 1.165) is 78.3 Å². The lowest BCUT2D eigenvalue weighted by molar-refractivity contribution is 0.660. The maximum absolute atomic E-state index is 5.52. The maximum Gasteiger partial charge on any atom is 0.160 e. The van der Waals surface area contributed by atoms with E-state index in [4.69, 9.17) is 19.9 Å². The van der Waals surface area contributed by atoms with Crippen molar-refractivity contribution < 1.29 is 0 Å². The highest BCUT2D eigenvalue weighted by Crippen LogP contribution is 2.51. The van der Waals surface area contributed by atoms with Crippen molar-refractivity contribution in [2.24, 2.45) is 0 Å². The van der Waals surface area contributed by atoms with Gasteiger partial charge in [0.2, 0.25) is 0 Å². The summed E-state index contributed by atoms with van der Waals surface area (Å²) in [4.78, 5) is 21.0. The standard InChI is InChI=1S/C53H37N5/c1-53(2)43-31-37(47-33-46(34-17-7-3-8-18-34)55-51(56-47)36-21-11-5-12-22-36)27-29-40(43)41-30-28-38(32-44(41)53)52-57-49-42-25-15-16-26-45(42)54-48(35-19-9-4-10-20-35)50(49)58(52)39-23-13-6-14-24-39/h3-33H,1-2H3. The van der Waals surface area contributed by atoms with Gasteiger partial charge < -0.3 is 0 Å². The van der Waals surface area contributed by atoms with Gasteiger partial charge in [0.1, 0.15) is 16.9 Å². The van der Waals surface area contributed by atoms with Gasteiger partial charge in [-0.05, 0) is 58.7 Å². The molecular formula is C53H37N5. The maximum atomic E-state index is 5.52. The van der Waals surface area contributed by atoms with Gasteiger partial charge in [-0.15, -0.1) is 0 Å². The van der Waals surface area contributed by atoms with E-state index in [9.17, 15) is 0 Å². The van der Waals surface area contributed by atoms with Crippen molar-refractivity contribution in [3.8, 4) is 73.4 Å². The number of benzene rings is 7. The monoisotopic (exact) mass is 743 g/mol. The lowest BCUT2D eigenvalue weighted by Crippen LogP contribution is -2.15. The van der Waals surface area contributed by atoms with Crippen LogP contribution in [0.5, 0.6) is 0 Å². The van der Waals surface area contributed by atoms with Gasteiger partial charge in [-0.3, -0.25) is 4.57 Å². The van der Waals surface area contributed by atoms with Crippen LogP contribution in [0.25, 0.3) is 95.3 Å². The van der Waals surface area contributed by atoms with Crippen LogP contribution in [-0.2, 0) is 5.41 Å². The fourth-order valence-electron chi connectivity index (χ4n) is 8.69. The topological polar surface area (TPSA) is 56.5 Å². The molecule has 0 fully saturated rings. The number of aromatic nitrogens is 5. The highest BCUT2D eigenvalue weighted by Gasteiger charge is 2.36. The molecular weight excluding hydrogens is 707 g/mol. The van der Waals surface area contributed by atoms with Gasteiger partial charge in [-0.25, -0.2) is 19.9 Å². The number of hydrogen-bond donors (Lipinski definition) is 0. The third kappa shape index (κ3) is 5.47. The second-order valence-electron chi connectivity index (χ2n) is 15.5. The quantitative estimate of drug-likeness (QED) is 0.170. The molecule has 58 heavy (non-hydrogen) atoms. The van der Waals surface area contributed by atoms with E-state index in [1.54, 1.807) is 0 Å². The second-order valence-corrected chi connectivity index (χ2v) is 15.5. The molecule has 0 spiro atoms. The summed E-state index contributed by atoms with van der Waals surface area (Å²) in [7, 11) is 0. The van der Waals surface area contributed by atoms with Gasteiger partial charge in [0.05, 0.1) is 22.6 Å². The van der Waals surface area contributed by atoms with E-state index >= 15 is 0 Å². The molecule has 3 heterocycles. The molecule has 274 valence electrons. The molecule has 5 heteroatoms. The first kappa shape index (κ1) is 33.8. The minimum absolute atomic E-state index is 0.290. The average molecular weight is 744 g/mol. The van der Waals surface area contributed by atoms with Crippen LogP contribution in [0.2, 0.25) is 0 Å². The number of nitrogens with zero attached hydrogens (tertiary/aromatic N) is 5. The van der Waals surface area contributed by atoms with Crippen molar-refractivity contribution in [1.82, 2.24) is 24.5 Å². The van der Waals surface area contributed by atoms with Gasteiger partial charge in [0.25, 0.3) is 0 Å². The molecule has 11 rings (SSSR count). The summed E-state index contributed by atoms with van der Waals surface area (Å²) in [6, 6.07) is 65.7. The molecule has 0 saturated carbocycles. The molecule has 7 aromatic carbocycles. The van der Waals surface area contributed by atoms with Crippen LogP contribution < -0.4 is 0 Å². The number of hydrogen-bond acceptors (Lipinski definition) is 4. The Morgan fingerprint density at radius 1 is 0.431 bits per heavy atom. The smallest absolute Gasteiger partial charge is 0.160 e. The largest absolute Gasteiger partial charge is 0.290 e. The third-order valence-corrected chi connectivity index (χ3v) is 11.6. The summed E-state index contributed by atoms with van der Waals surface area (Å²) < 4.78 is 2.30. The highest BCUT2D eigenvalue weighted by molar-refractivity contribution is 6.09. The van der Waals surface area contributed by atoms with Gasteiger partial charge in [0, 0.05) is 44.3 Å². The van der Waals surface area contributed by atoms with E-state index in [1.165, 1.54) is 22.3 Å². The molecule has 0 N–H and O–H groups in total. The Bertz CT molecular complexity index is 3110. The van der Waals surface area contributed by atoms with Crippen molar-refractivity contribution in [3.05, 3.63) is 199 Å². The summed E-state index contributed by atoms with van der Waals surface area (Å²) in [6.45, 7) is 4.67. The van der Waals surface area contributed by atoms with Crippen LogP contribution in [0.15, 0.2) is 188 Å². The Hall–Kier alpha value is -7.50. The molecule has 0 atom stereocenters. The molecule has 1 aliphatic rings. The van der Waals surface area contributed by atoms with Crippen LogP contribution in [-0.4, -0.2) is 24.5 Å². The Morgan fingerprint density at radius 2 is 0.966 bits per heavy atom. The zero-order valence-electron chi connectivity index (χ0n) is 32.1. The zero-order valence-corrected chi connectivity index (χ0v) is 32.1. The lowest BCUT2D eigenvalue weighted by Gasteiger charge is -2.22. The predicted molar refractivity (Wildman–Crippen MR) is 237 cm³/mol. The highest BCUT2D eigenvalue weighted by atomic mass is 15.1. The van der Waals surface area contributed by atoms with Gasteiger partial charge >= 0.3 is 0 Å². The average Bonchev–Trinajstić information content (AvgIpc) is 3.80. The van der Waals surface area contributed by atoms with E-state index in [-0.39, 0.29) is 5.41 Å². The Morgan fingerprint density at radius 3 is 1.64 bits per heavy atom. The number of imidazole rings is 1. The van der Waals surface area contributed by atoms with E-state index in [2.05, 4.69) is 170 Å². The van der Waals surface area contributed by atoms with Gasteiger partial charge in [-0.1, -0.05) is 166 Å². The summed E-state index contributed by atoms with van der Waals surface area (Å²) in [5, 5.41) is 1.03. The Balaban J connectivity index is 1.08. The Kier molecular flexibility index (Phi) is 7.76. The number of fused-ring (bicyclic) bond motifs is 6. The molecule has 10 aromatic rings. The fraction of sp³-hybridized carbons (Fsp3) is 0.0566. The van der Waals surface area contributed by atoms with E-state index in [0.29, 0.717) is 5.82 Å². The summed E-state index contributed by atoms with van der Waals surface area (Å²) in [5.41, 5.74) is 16.6. The molecule has 0 aliphatic heterocycles. The van der Waals surface area contributed by atoms with Crippen LogP contribution in [0.1, 0.15) is 25.0 Å². The van der Waals surface area contributed by atoms with Crippen LogP contribution in [0.4, 0.5) is 0 Å².